The maximum Gasteiger partial charge on any atom is 0.325 e. The fourth-order valence-electron chi connectivity index (χ4n) is 3.31. The third-order valence-corrected chi connectivity index (χ3v) is 4.57. The molecular weight excluding hydrogens is 284 g/mol. The SMILES string of the molecule is CCc1nc(CN2C(=O)NC3(CCCCCCC3)C2=O)no1. The summed E-state index contributed by atoms with van der Waals surface area (Å²) in [7, 11) is 0. The molecule has 22 heavy (non-hydrogen) atoms. The highest BCUT2D eigenvalue weighted by Crippen LogP contribution is 2.32. The van der Waals surface area contributed by atoms with Crippen molar-refractivity contribution in [1.29, 1.82) is 0 Å². The first-order valence-corrected chi connectivity index (χ1v) is 8.10. The summed E-state index contributed by atoms with van der Waals surface area (Å²) >= 11 is 0. The lowest BCUT2D eigenvalue weighted by molar-refractivity contribution is -0.132. The van der Waals surface area contributed by atoms with Crippen LogP contribution in [0.4, 0.5) is 4.79 Å². The minimum atomic E-state index is -0.713. The van der Waals surface area contributed by atoms with E-state index >= 15 is 0 Å². The van der Waals surface area contributed by atoms with Gasteiger partial charge in [0.15, 0.2) is 5.82 Å². The zero-order valence-corrected chi connectivity index (χ0v) is 12.9. The van der Waals surface area contributed by atoms with Crippen LogP contribution in [0.5, 0.6) is 0 Å². The van der Waals surface area contributed by atoms with Crippen molar-refractivity contribution in [2.75, 3.05) is 0 Å². The standard InChI is InChI=1S/C15H22N4O3/c1-2-12-16-11(18-22-12)10-19-13(20)15(17-14(19)21)8-6-4-3-5-7-9-15/h2-10H2,1H3,(H,17,21). The number of hydrogen-bond donors (Lipinski definition) is 1. The Morgan fingerprint density at radius 3 is 2.50 bits per heavy atom. The zero-order chi connectivity index (χ0) is 15.6. The van der Waals surface area contributed by atoms with Gasteiger partial charge in [-0.3, -0.25) is 9.69 Å². The fourth-order valence-corrected chi connectivity index (χ4v) is 3.31. The second kappa shape index (κ2) is 6.06. The molecule has 0 atom stereocenters. The Balaban J connectivity index is 1.75. The molecule has 2 heterocycles. The number of urea groups is 1. The largest absolute Gasteiger partial charge is 0.339 e. The lowest BCUT2D eigenvalue weighted by Gasteiger charge is -2.28. The van der Waals surface area contributed by atoms with Crippen molar-refractivity contribution in [2.45, 2.75) is 70.4 Å². The van der Waals surface area contributed by atoms with Crippen molar-refractivity contribution in [3.63, 3.8) is 0 Å². The summed E-state index contributed by atoms with van der Waals surface area (Å²) in [5.41, 5.74) is -0.713. The number of hydrogen-bond acceptors (Lipinski definition) is 5. The summed E-state index contributed by atoms with van der Waals surface area (Å²) in [6.45, 7) is 1.99. The average Bonchev–Trinajstić information content (AvgIpc) is 3.02. The van der Waals surface area contributed by atoms with Crippen molar-refractivity contribution in [1.82, 2.24) is 20.4 Å². The van der Waals surface area contributed by atoms with Gasteiger partial charge < -0.3 is 9.84 Å². The summed E-state index contributed by atoms with van der Waals surface area (Å²) in [4.78, 5) is 30.4. The highest BCUT2D eigenvalue weighted by atomic mass is 16.5. The van der Waals surface area contributed by atoms with E-state index in [-0.39, 0.29) is 18.5 Å². The fraction of sp³-hybridized carbons (Fsp3) is 0.733. The maximum absolute atomic E-state index is 12.8. The Morgan fingerprint density at radius 1 is 1.18 bits per heavy atom. The normalized spacial score (nSPS) is 21.8. The van der Waals surface area contributed by atoms with Crippen LogP contribution < -0.4 is 5.32 Å². The van der Waals surface area contributed by atoms with Crippen LogP contribution in [0.3, 0.4) is 0 Å². The molecule has 1 saturated carbocycles. The van der Waals surface area contributed by atoms with Gasteiger partial charge in [-0.25, -0.2) is 4.79 Å². The monoisotopic (exact) mass is 306 g/mol. The summed E-state index contributed by atoms with van der Waals surface area (Å²) in [5.74, 6) is 0.758. The average molecular weight is 306 g/mol. The van der Waals surface area contributed by atoms with Crippen molar-refractivity contribution < 1.29 is 14.1 Å². The first-order chi connectivity index (χ1) is 10.6. The molecule has 1 saturated heterocycles. The molecule has 0 aromatic carbocycles. The molecule has 1 spiro atoms. The smallest absolute Gasteiger partial charge is 0.325 e. The van der Waals surface area contributed by atoms with Gasteiger partial charge >= 0.3 is 6.03 Å². The maximum atomic E-state index is 12.8. The highest BCUT2D eigenvalue weighted by molar-refractivity contribution is 6.06. The van der Waals surface area contributed by atoms with Crippen molar-refractivity contribution in [2.24, 2.45) is 0 Å². The number of amides is 3. The van der Waals surface area contributed by atoms with Gasteiger partial charge in [0, 0.05) is 6.42 Å². The topological polar surface area (TPSA) is 88.3 Å². The van der Waals surface area contributed by atoms with E-state index in [0.717, 1.165) is 38.5 Å². The Bertz CT molecular complexity index is 561. The number of carbonyl (C=O) groups is 2. The van der Waals surface area contributed by atoms with Gasteiger partial charge in [0.2, 0.25) is 5.89 Å². The molecule has 0 unspecified atom stereocenters. The second-order valence-corrected chi connectivity index (χ2v) is 6.13. The van der Waals surface area contributed by atoms with E-state index in [1.807, 2.05) is 6.92 Å². The van der Waals surface area contributed by atoms with E-state index in [9.17, 15) is 9.59 Å². The van der Waals surface area contributed by atoms with Crippen molar-refractivity contribution in [3.8, 4) is 0 Å². The van der Waals surface area contributed by atoms with Crippen molar-refractivity contribution >= 4 is 11.9 Å². The predicted octanol–water partition coefficient (Wildman–Crippen LogP) is 2.17. The van der Waals surface area contributed by atoms with E-state index < -0.39 is 5.54 Å². The van der Waals surface area contributed by atoms with Crippen LogP contribution in [-0.4, -0.2) is 32.5 Å². The molecule has 3 rings (SSSR count). The molecule has 7 heteroatoms. The van der Waals surface area contributed by atoms with Crippen LogP contribution in [0.15, 0.2) is 4.52 Å². The van der Waals surface area contributed by atoms with Crippen LogP contribution >= 0.6 is 0 Å². The molecule has 1 aromatic rings. The van der Waals surface area contributed by atoms with Crippen molar-refractivity contribution in [3.05, 3.63) is 11.7 Å². The molecule has 1 aliphatic carbocycles. The predicted molar refractivity (Wildman–Crippen MR) is 77.8 cm³/mol. The number of aromatic nitrogens is 2. The van der Waals surface area contributed by atoms with E-state index in [0.29, 0.717) is 18.1 Å². The number of carbonyl (C=O) groups excluding carboxylic acids is 2. The van der Waals surface area contributed by atoms with Gasteiger partial charge in [-0.1, -0.05) is 44.2 Å². The molecule has 3 amide bonds. The third-order valence-electron chi connectivity index (χ3n) is 4.57. The second-order valence-electron chi connectivity index (χ2n) is 6.13. The molecule has 1 aliphatic heterocycles. The molecule has 0 bridgehead atoms. The first-order valence-electron chi connectivity index (χ1n) is 8.10. The molecule has 0 radical (unpaired) electrons. The number of aryl methyl sites for hydroxylation is 1. The quantitative estimate of drug-likeness (QED) is 0.865. The van der Waals surface area contributed by atoms with Gasteiger partial charge in [-0.2, -0.15) is 4.98 Å². The number of imide groups is 1. The lowest BCUT2D eigenvalue weighted by atomic mass is 9.84. The molecule has 1 N–H and O–H groups in total. The summed E-state index contributed by atoms with van der Waals surface area (Å²) in [6, 6.07) is -0.339. The van der Waals surface area contributed by atoms with E-state index in [1.54, 1.807) is 0 Å². The zero-order valence-electron chi connectivity index (χ0n) is 12.9. The molecule has 120 valence electrons. The van der Waals surface area contributed by atoms with Gasteiger partial charge in [0.05, 0.1) is 6.54 Å². The summed E-state index contributed by atoms with van der Waals surface area (Å²) in [5, 5.41) is 6.76. The van der Waals surface area contributed by atoms with Crippen LogP contribution in [0, 0.1) is 0 Å². The summed E-state index contributed by atoms with van der Waals surface area (Å²) < 4.78 is 5.04. The van der Waals surface area contributed by atoms with Gasteiger partial charge in [0.1, 0.15) is 5.54 Å². The molecule has 1 aromatic heterocycles. The van der Waals surface area contributed by atoms with Gasteiger partial charge in [-0.05, 0) is 12.8 Å². The van der Waals surface area contributed by atoms with Crippen LogP contribution in [0.2, 0.25) is 0 Å². The summed E-state index contributed by atoms with van der Waals surface area (Å²) in [6.07, 6.45) is 7.48. The lowest BCUT2D eigenvalue weighted by Crippen LogP contribution is -2.47. The van der Waals surface area contributed by atoms with Gasteiger partial charge in [-0.15, -0.1) is 0 Å². The number of nitrogens with zero attached hydrogens (tertiary/aromatic N) is 3. The number of nitrogens with one attached hydrogen (secondary N) is 1. The molecule has 2 aliphatic rings. The number of rotatable bonds is 3. The van der Waals surface area contributed by atoms with E-state index in [2.05, 4.69) is 15.5 Å². The minimum absolute atomic E-state index is 0.0793. The minimum Gasteiger partial charge on any atom is -0.339 e. The Morgan fingerprint density at radius 2 is 1.86 bits per heavy atom. The Hall–Kier alpha value is -1.92. The van der Waals surface area contributed by atoms with Gasteiger partial charge in [0.25, 0.3) is 5.91 Å². The van der Waals surface area contributed by atoms with Crippen LogP contribution in [0.1, 0.15) is 63.6 Å². The Labute approximate surface area is 129 Å². The van der Waals surface area contributed by atoms with Crippen LogP contribution in [0.25, 0.3) is 0 Å². The molecule has 2 fully saturated rings. The highest BCUT2D eigenvalue weighted by Gasteiger charge is 2.50. The molecule has 7 nitrogen and oxygen atoms in total. The first kappa shape index (κ1) is 15.0. The Kier molecular flexibility index (Phi) is 4.13. The molecular formula is C15H22N4O3. The van der Waals surface area contributed by atoms with E-state index in [4.69, 9.17) is 4.52 Å². The third kappa shape index (κ3) is 2.71. The van der Waals surface area contributed by atoms with Crippen LogP contribution in [-0.2, 0) is 17.8 Å². The van der Waals surface area contributed by atoms with E-state index in [1.165, 1.54) is 11.3 Å².